The highest BCUT2D eigenvalue weighted by Gasteiger charge is 2.44. The summed E-state index contributed by atoms with van der Waals surface area (Å²) in [5.41, 5.74) is -1.96. The standard InChI is InChI=1S/C33H35F6N5O4/c1-3-43(17-21-8-6-20(7-9-21)11-28(45)46)30-27(42-26(16-41-30)22-5-4-10-40-15-22)18-44-19(2)29(48-31(44)47)23-12-24(32(34,35)36)14-25(13-23)33(37,38)39/h4-5,10,12-16,19-21,29H,3,6-9,11,17-18H2,1-2H3,(H,45,46)/t19-,20?,21?,29?/m0/s1. The number of aliphatic carboxylic acids is 1. The van der Waals surface area contributed by atoms with Crippen molar-refractivity contribution in [1.82, 2.24) is 19.9 Å². The molecule has 0 bridgehead atoms. The van der Waals surface area contributed by atoms with Crippen LogP contribution in [-0.4, -0.2) is 56.2 Å². The predicted octanol–water partition coefficient (Wildman–Crippen LogP) is 7.77. The van der Waals surface area contributed by atoms with E-state index in [2.05, 4.69) is 4.98 Å². The molecule has 15 heteroatoms. The number of benzene rings is 1. The van der Waals surface area contributed by atoms with Crippen molar-refractivity contribution in [3.8, 4) is 11.3 Å². The minimum atomic E-state index is -5.06. The van der Waals surface area contributed by atoms with Crippen LogP contribution in [0.1, 0.15) is 74.4 Å². The monoisotopic (exact) mass is 679 g/mol. The Labute approximate surface area is 273 Å². The number of ether oxygens (including phenoxy) is 1. The average Bonchev–Trinajstić information content (AvgIpc) is 3.32. The first-order valence-electron chi connectivity index (χ1n) is 15.6. The number of anilines is 1. The Morgan fingerprint density at radius 2 is 1.67 bits per heavy atom. The van der Waals surface area contributed by atoms with Crippen LogP contribution in [0.25, 0.3) is 11.3 Å². The minimum Gasteiger partial charge on any atom is -0.481 e. The third-order valence-electron chi connectivity index (χ3n) is 9.02. The van der Waals surface area contributed by atoms with Gasteiger partial charge in [-0.1, -0.05) is 0 Å². The van der Waals surface area contributed by atoms with Gasteiger partial charge in [0.05, 0.1) is 35.6 Å². The van der Waals surface area contributed by atoms with Crippen molar-refractivity contribution >= 4 is 17.9 Å². The summed E-state index contributed by atoms with van der Waals surface area (Å²) in [6.45, 7) is 4.37. The second-order valence-electron chi connectivity index (χ2n) is 12.3. The zero-order chi connectivity index (χ0) is 34.8. The Balaban J connectivity index is 1.45. The summed E-state index contributed by atoms with van der Waals surface area (Å²) in [5, 5.41) is 9.17. The quantitative estimate of drug-likeness (QED) is 0.217. The molecule has 9 nitrogen and oxygen atoms in total. The maximum Gasteiger partial charge on any atom is 0.416 e. The van der Waals surface area contributed by atoms with Gasteiger partial charge in [-0.25, -0.2) is 14.8 Å². The number of carbonyl (C=O) groups excluding carboxylic acids is 1. The van der Waals surface area contributed by atoms with E-state index < -0.39 is 53.3 Å². The number of aromatic nitrogens is 3. The lowest BCUT2D eigenvalue weighted by atomic mass is 9.80. The number of alkyl halides is 6. The Hall–Kier alpha value is -4.43. The van der Waals surface area contributed by atoms with Crippen LogP contribution in [0.3, 0.4) is 0 Å². The smallest absolute Gasteiger partial charge is 0.416 e. The van der Waals surface area contributed by atoms with Gasteiger partial charge in [-0.2, -0.15) is 26.3 Å². The predicted molar refractivity (Wildman–Crippen MR) is 162 cm³/mol. The first-order chi connectivity index (χ1) is 22.6. The van der Waals surface area contributed by atoms with Gasteiger partial charge < -0.3 is 14.7 Å². The summed E-state index contributed by atoms with van der Waals surface area (Å²) in [7, 11) is 0. The molecule has 2 atom stereocenters. The second-order valence-corrected chi connectivity index (χ2v) is 12.3. The van der Waals surface area contributed by atoms with Gasteiger partial charge in [0.1, 0.15) is 11.8 Å². The third kappa shape index (κ3) is 7.98. The van der Waals surface area contributed by atoms with Crippen LogP contribution in [0.5, 0.6) is 0 Å². The number of nitrogens with zero attached hydrogens (tertiary/aromatic N) is 5. The number of carboxylic acids is 1. The Morgan fingerprint density at radius 3 is 2.23 bits per heavy atom. The molecule has 0 spiro atoms. The molecule has 48 heavy (non-hydrogen) atoms. The van der Waals surface area contributed by atoms with E-state index in [-0.39, 0.29) is 30.9 Å². The molecule has 2 fully saturated rings. The van der Waals surface area contributed by atoms with Crippen molar-refractivity contribution < 1.29 is 45.8 Å². The van der Waals surface area contributed by atoms with Crippen molar-refractivity contribution in [1.29, 1.82) is 0 Å². The molecular formula is C33H35F6N5O4. The largest absolute Gasteiger partial charge is 0.481 e. The Kier molecular flexibility index (Phi) is 10.2. The molecule has 1 unspecified atom stereocenters. The molecule has 3 heterocycles. The fourth-order valence-corrected chi connectivity index (χ4v) is 6.45. The molecule has 1 aromatic carbocycles. The van der Waals surface area contributed by atoms with Crippen LogP contribution < -0.4 is 4.90 Å². The summed E-state index contributed by atoms with van der Waals surface area (Å²) < 4.78 is 87.0. The second kappa shape index (κ2) is 14.0. The SMILES string of the molecule is CCN(CC1CCC(CC(=O)O)CC1)c1ncc(-c2cccnc2)nc1CN1C(=O)OC(c2cc(C(F)(F)F)cc(C(F)(F)F)c2)[C@@H]1C. The van der Waals surface area contributed by atoms with E-state index in [4.69, 9.17) is 19.8 Å². The maximum absolute atomic E-state index is 13.6. The number of hydrogen-bond donors (Lipinski definition) is 1. The fraction of sp³-hybridized carbons (Fsp3) is 0.485. The molecular weight excluding hydrogens is 644 g/mol. The van der Waals surface area contributed by atoms with E-state index in [1.807, 2.05) is 11.8 Å². The summed E-state index contributed by atoms with van der Waals surface area (Å²) in [5.74, 6) is 0.0433. The minimum absolute atomic E-state index is 0.0342. The van der Waals surface area contributed by atoms with E-state index in [9.17, 15) is 35.9 Å². The summed E-state index contributed by atoms with van der Waals surface area (Å²) in [6, 6.07) is 3.72. The van der Waals surface area contributed by atoms with E-state index in [0.29, 0.717) is 48.0 Å². The molecule has 5 rings (SSSR count). The van der Waals surface area contributed by atoms with Crippen molar-refractivity contribution in [2.75, 3.05) is 18.0 Å². The number of halogens is 6. The van der Waals surface area contributed by atoms with Gasteiger partial charge in [0.2, 0.25) is 0 Å². The van der Waals surface area contributed by atoms with Crippen LogP contribution in [0.2, 0.25) is 0 Å². The van der Waals surface area contributed by atoms with Gasteiger partial charge in [-0.15, -0.1) is 0 Å². The van der Waals surface area contributed by atoms with Gasteiger partial charge in [0, 0.05) is 37.5 Å². The zero-order valence-corrected chi connectivity index (χ0v) is 26.3. The summed E-state index contributed by atoms with van der Waals surface area (Å²) in [6.07, 6.45) is -4.30. The molecule has 3 aromatic rings. The summed E-state index contributed by atoms with van der Waals surface area (Å²) >= 11 is 0. The van der Waals surface area contributed by atoms with Crippen molar-refractivity contribution in [3.63, 3.8) is 0 Å². The van der Waals surface area contributed by atoms with E-state index >= 15 is 0 Å². The third-order valence-corrected chi connectivity index (χ3v) is 9.02. The average molecular weight is 680 g/mol. The molecule has 1 amide bonds. The van der Waals surface area contributed by atoms with Crippen LogP contribution in [0.15, 0.2) is 48.9 Å². The van der Waals surface area contributed by atoms with Crippen LogP contribution in [0.4, 0.5) is 37.0 Å². The zero-order valence-electron chi connectivity index (χ0n) is 26.3. The van der Waals surface area contributed by atoms with E-state index in [1.165, 1.54) is 11.8 Å². The van der Waals surface area contributed by atoms with Gasteiger partial charge in [0.15, 0.2) is 5.82 Å². The molecule has 2 aromatic heterocycles. The van der Waals surface area contributed by atoms with Gasteiger partial charge in [-0.05, 0) is 87.3 Å². The number of rotatable bonds is 10. The molecule has 0 radical (unpaired) electrons. The number of pyridine rings is 1. The number of carboxylic acid groups (broad SMARTS) is 1. The highest BCUT2D eigenvalue weighted by atomic mass is 19.4. The van der Waals surface area contributed by atoms with Crippen molar-refractivity contribution in [2.45, 2.75) is 77.0 Å². The highest BCUT2D eigenvalue weighted by Crippen LogP contribution is 2.41. The van der Waals surface area contributed by atoms with Crippen molar-refractivity contribution in [3.05, 3.63) is 71.3 Å². The van der Waals surface area contributed by atoms with Crippen LogP contribution in [0, 0.1) is 11.8 Å². The fourth-order valence-electron chi connectivity index (χ4n) is 6.45. The van der Waals surface area contributed by atoms with Crippen LogP contribution in [-0.2, 0) is 28.4 Å². The lowest BCUT2D eigenvalue weighted by Gasteiger charge is -2.33. The maximum atomic E-state index is 13.6. The summed E-state index contributed by atoms with van der Waals surface area (Å²) in [4.78, 5) is 41.3. The Bertz CT molecular complexity index is 1580. The molecule has 1 saturated carbocycles. The lowest BCUT2D eigenvalue weighted by Crippen LogP contribution is -2.36. The lowest BCUT2D eigenvalue weighted by molar-refractivity contribution is -0.143. The number of carbonyl (C=O) groups is 2. The number of cyclic esters (lactones) is 1. The highest BCUT2D eigenvalue weighted by molar-refractivity contribution is 5.71. The molecule has 1 saturated heterocycles. The topological polar surface area (TPSA) is 109 Å². The first-order valence-corrected chi connectivity index (χ1v) is 15.6. The van der Waals surface area contributed by atoms with E-state index in [1.54, 1.807) is 30.7 Å². The number of hydrogen-bond acceptors (Lipinski definition) is 7. The molecule has 1 N–H and O–H groups in total. The molecule has 258 valence electrons. The molecule has 1 aliphatic carbocycles. The first kappa shape index (κ1) is 34.9. The number of amides is 1. The van der Waals surface area contributed by atoms with Gasteiger partial charge >= 0.3 is 24.4 Å². The van der Waals surface area contributed by atoms with Crippen LogP contribution >= 0.6 is 0 Å². The van der Waals surface area contributed by atoms with Crippen molar-refractivity contribution in [2.24, 2.45) is 11.8 Å². The van der Waals surface area contributed by atoms with Gasteiger partial charge in [0.25, 0.3) is 0 Å². The normalized spacial score (nSPS) is 21.7. The molecule has 1 aliphatic heterocycles. The Morgan fingerprint density at radius 1 is 1.02 bits per heavy atom. The van der Waals surface area contributed by atoms with E-state index in [0.717, 1.165) is 25.7 Å². The van der Waals surface area contributed by atoms with Gasteiger partial charge in [-0.3, -0.25) is 14.7 Å². The molecule has 2 aliphatic rings.